The van der Waals surface area contributed by atoms with E-state index < -0.39 is 7.66 Å². The molecule has 1 aromatic carbocycles. The molecule has 0 spiro atoms. The van der Waals surface area contributed by atoms with Crippen LogP contribution in [0, 0.1) is 0 Å². The van der Waals surface area contributed by atoms with E-state index in [0.717, 1.165) is 11.5 Å². The summed E-state index contributed by atoms with van der Waals surface area (Å²) < 4.78 is 11.0. The molecular formula is C7H7O2P2+. The van der Waals surface area contributed by atoms with E-state index in [0.29, 0.717) is 0 Å². The summed E-state index contributed by atoms with van der Waals surface area (Å²) in [6.07, 6.45) is 0. The van der Waals surface area contributed by atoms with Gasteiger partial charge in [0.15, 0.2) is 0 Å². The predicted molar refractivity (Wildman–Crippen MR) is 47.5 cm³/mol. The molecule has 56 valence electrons. The SMILES string of the molecule is CP=[P+]1Oc2ccccc2O1. The smallest absolute Gasteiger partial charge is 0.247 e. The lowest BCUT2D eigenvalue weighted by Gasteiger charge is -1.82. The normalized spacial score (nSPS) is 14.1. The Hall–Kier alpha value is -0.580. The van der Waals surface area contributed by atoms with Gasteiger partial charge < -0.3 is 0 Å². The van der Waals surface area contributed by atoms with Crippen LogP contribution < -0.4 is 9.05 Å². The van der Waals surface area contributed by atoms with Crippen LogP contribution in [-0.2, 0) is 0 Å². The van der Waals surface area contributed by atoms with Crippen LogP contribution in [0.2, 0.25) is 0 Å². The third-order valence-electron chi connectivity index (χ3n) is 1.37. The number of hydrogen-bond donors (Lipinski definition) is 0. The van der Waals surface area contributed by atoms with Gasteiger partial charge in [-0.3, -0.25) is 0 Å². The second-order valence-corrected chi connectivity index (χ2v) is 5.49. The molecule has 0 saturated carbocycles. The second kappa shape index (κ2) is 2.81. The minimum Gasteiger partial charge on any atom is -0.247 e. The Kier molecular flexibility index (Phi) is 1.81. The van der Waals surface area contributed by atoms with Gasteiger partial charge >= 0.3 is 7.66 Å². The molecule has 1 aromatic rings. The van der Waals surface area contributed by atoms with Crippen molar-refractivity contribution >= 4 is 15.5 Å². The van der Waals surface area contributed by atoms with Gasteiger partial charge in [-0.05, 0) is 12.1 Å². The Morgan fingerprint density at radius 3 is 2.18 bits per heavy atom. The van der Waals surface area contributed by atoms with E-state index in [1.807, 2.05) is 30.9 Å². The van der Waals surface area contributed by atoms with Gasteiger partial charge in [0, 0.05) is 6.66 Å². The van der Waals surface area contributed by atoms with Gasteiger partial charge in [-0.2, -0.15) is 0 Å². The molecular weight excluding hydrogens is 178 g/mol. The molecule has 0 bridgehead atoms. The van der Waals surface area contributed by atoms with E-state index in [1.54, 1.807) is 0 Å². The van der Waals surface area contributed by atoms with Crippen molar-refractivity contribution in [2.24, 2.45) is 0 Å². The highest BCUT2D eigenvalue weighted by atomic mass is 31.8. The molecule has 0 atom stereocenters. The summed E-state index contributed by atoms with van der Waals surface area (Å²) in [4.78, 5) is 0. The lowest BCUT2D eigenvalue weighted by molar-refractivity contribution is 0.600. The number of hydrogen-bond acceptors (Lipinski definition) is 2. The van der Waals surface area contributed by atoms with Crippen molar-refractivity contribution in [1.29, 1.82) is 0 Å². The van der Waals surface area contributed by atoms with E-state index in [2.05, 4.69) is 0 Å². The Bertz CT molecular complexity index is 282. The van der Waals surface area contributed by atoms with Gasteiger partial charge in [-0.1, -0.05) is 12.1 Å². The summed E-state index contributed by atoms with van der Waals surface area (Å²) in [7, 11) is 0.471. The highest BCUT2D eigenvalue weighted by molar-refractivity contribution is 7.88. The van der Waals surface area contributed by atoms with Gasteiger partial charge in [-0.15, -0.1) is 0 Å². The zero-order valence-corrected chi connectivity index (χ0v) is 7.81. The van der Waals surface area contributed by atoms with Crippen molar-refractivity contribution < 1.29 is 9.05 Å². The molecule has 2 rings (SSSR count). The molecule has 0 radical (unpaired) electrons. The van der Waals surface area contributed by atoms with Crippen LogP contribution in [0.5, 0.6) is 11.5 Å². The standard InChI is InChI=1S/C7H7O2P2/c1-10-11-8-6-4-2-3-5-7(6)9-11/h2-5H,1H3/q+1. The van der Waals surface area contributed by atoms with Crippen LogP contribution in [-0.4, -0.2) is 6.66 Å². The summed E-state index contributed by atoms with van der Waals surface area (Å²) in [5, 5.41) is 0. The fourth-order valence-corrected chi connectivity index (χ4v) is 2.73. The maximum absolute atomic E-state index is 5.49. The van der Waals surface area contributed by atoms with Crippen molar-refractivity contribution in [2.45, 2.75) is 0 Å². The largest absolute Gasteiger partial charge is 0.552 e. The monoisotopic (exact) mass is 185 g/mol. The topological polar surface area (TPSA) is 18.5 Å². The van der Waals surface area contributed by atoms with E-state index >= 15 is 0 Å². The third-order valence-corrected chi connectivity index (χ3v) is 3.87. The van der Waals surface area contributed by atoms with Gasteiger partial charge in [0.05, 0.1) is 0 Å². The van der Waals surface area contributed by atoms with Crippen LogP contribution in [0.4, 0.5) is 0 Å². The number of benzene rings is 1. The average molecular weight is 185 g/mol. The first-order chi connectivity index (χ1) is 5.40. The molecule has 0 aliphatic carbocycles. The molecule has 1 aliphatic rings. The Morgan fingerprint density at radius 1 is 1.18 bits per heavy atom. The maximum atomic E-state index is 5.49. The highest BCUT2D eigenvalue weighted by Crippen LogP contribution is 2.50. The second-order valence-electron chi connectivity index (χ2n) is 2.07. The number of rotatable bonds is 0. The molecule has 4 heteroatoms. The summed E-state index contributed by atoms with van der Waals surface area (Å²) in [5.74, 6) is 1.76. The fraction of sp³-hybridized carbons (Fsp3) is 0.143. The molecule has 0 saturated heterocycles. The van der Waals surface area contributed by atoms with Crippen LogP contribution >= 0.6 is 15.5 Å². The average Bonchev–Trinajstić information content (AvgIpc) is 2.46. The number of fused-ring (bicyclic) bond motifs is 1. The van der Waals surface area contributed by atoms with E-state index in [4.69, 9.17) is 9.05 Å². The Balaban J connectivity index is 2.41. The lowest BCUT2D eigenvalue weighted by Crippen LogP contribution is -1.68. The zero-order valence-electron chi connectivity index (χ0n) is 6.02. The summed E-state index contributed by atoms with van der Waals surface area (Å²) in [5.41, 5.74) is 0. The third kappa shape index (κ3) is 1.24. The predicted octanol–water partition coefficient (Wildman–Crippen LogP) is 3.26. The molecule has 0 unspecified atom stereocenters. The molecule has 2 nitrogen and oxygen atoms in total. The molecule has 0 aromatic heterocycles. The molecule has 1 heterocycles. The van der Waals surface area contributed by atoms with Crippen LogP contribution in [0.25, 0.3) is 0 Å². The van der Waals surface area contributed by atoms with E-state index in [9.17, 15) is 0 Å². The van der Waals surface area contributed by atoms with Gasteiger partial charge in [0.2, 0.25) is 19.4 Å². The number of para-hydroxylation sites is 2. The first-order valence-corrected chi connectivity index (χ1v) is 6.47. The quantitative estimate of drug-likeness (QED) is 0.577. The van der Waals surface area contributed by atoms with Crippen LogP contribution in [0.3, 0.4) is 0 Å². The molecule has 11 heavy (non-hydrogen) atoms. The maximum Gasteiger partial charge on any atom is 0.552 e. The van der Waals surface area contributed by atoms with Gasteiger partial charge in [0.25, 0.3) is 0 Å². The molecule has 0 fully saturated rings. The minimum atomic E-state index is -0.698. The lowest BCUT2D eigenvalue weighted by atomic mass is 10.3. The van der Waals surface area contributed by atoms with Crippen LogP contribution in [0.1, 0.15) is 0 Å². The van der Waals surface area contributed by atoms with Crippen molar-refractivity contribution in [2.75, 3.05) is 6.66 Å². The molecule has 1 aliphatic heterocycles. The van der Waals surface area contributed by atoms with Crippen molar-refractivity contribution in [3.63, 3.8) is 0 Å². The first kappa shape index (κ1) is 7.09. The summed E-state index contributed by atoms with van der Waals surface area (Å²) >= 11 is 0. The minimum absolute atomic E-state index is 0.698. The van der Waals surface area contributed by atoms with E-state index in [-0.39, 0.29) is 0 Å². The molecule has 0 amide bonds. The zero-order chi connectivity index (χ0) is 7.68. The van der Waals surface area contributed by atoms with Crippen molar-refractivity contribution in [3.8, 4) is 11.5 Å². The Morgan fingerprint density at radius 2 is 1.73 bits per heavy atom. The Labute approximate surface area is 67.7 Å². The molecule has 0 N–H and O–H groups in total. The van der Waals surface area contributed by atoms with Crippen LogP contribution in [0.15, 0.2) is 24.3 Å². The fourth-order valence-electron chi connectivity index (χ4n) is 0.870. The highest BCUT2D eigenvalue weighted by Gasteiger charge is 2.29. The van der Waals surface area contributed by atoms with Gasteiger partial charge in [-0.25, -0.2) is 9.05 Å². The van der Waals surface area contributed by atoms with Gasteiger partial charge in [0.1, 0.15) is 0 Å². The first-order valence-electron chi connectivity index (χ1n) is 3.25. The summed E-state index contributed by atoms with van der Waals surface area (Å²) in [6.45, 7) is 2.04. The van der Waals surface area contributed by atoms with Crippen molar-refractivity contribution in [3.05, 3.63) is 24.3 Å². The van der Waals surface area contributed by atoms with E-state index in [1.165, 1.54) is 7.87 Å². The summed E-state index contributed by atoms with van der Waals surface area (Å²) in [6, 6.07) is 7.77. The van der Waals surface area contributed by atoms with Crippen molar-refractivity contribution in [1.82, 2.24) is 0 Å².